The average molecular weight is 371 g/mol. The summed E-state index contributed by atoms with van der Waals surface area (Å²) >= 11 is 0. The van der Waals surface area contributed by atoms with Gasteiger partial charge in [-0.15, -0.1) is 0 Å². The first-order valence-corrected chi connectivity index (χ1v) is 8.61. The van der Waals surface area contributed by atoms with Gasteiger partial charge >= 0.3 is 0 Å². The third kappa shape index (κ3) is 4.35. The number of aromatic amines is 1. The van der Waals surface area contributed by atoms with Crippen LogP contribution in [0, 0.1) is 0 Å². The van der Waals surface area contributed by atoms with E-state index in [9.17, 15) is 14.4 Å². The monoisotopic (exact) mass is 371 g/mol. The second kappa shape index (κ2) is 8.50. The fourth-order valence-corrected chi connectivity index (χ4v) is 2.85. The fourth-order valence-electron chi connectivity index (χ4n) is 2.85. The molecular weight excluding hydrogens is 350 g/mol. The zero-order valence-corrected chi connectivity index (χ0v) is 15.0. The number of carbonyl (C=O) groups excluding carboxylic acids is 1. The van der Waals surface area contributed by atoms with Crippen molar-refractivity contribution in [3.63, 3.8) is 0 Å². The molecule has 1 N–H and O–H groups in total. The van der Waals surface area contributed by atoms with E-state index in [1.807, 2.05) is 0 Å². The summed E-state index contributed by atoms with van der Waals surface area (Å²) in [5, 5.41) is 3.21. The van der Waals surface area contributed by atoms with Gasteiger partial charge in [-0.2, -0.15) is 0 Å². The molecule has 1 aromatic carbocycles. The summed E-state index contributed by atoms with van der Waals surface area (Å²) in [7, 11) is 1.56. The van der Waals surface area contributed by atoms with Crippen molar-refractivity contribution in [2.24, 2.45) is 0 Å². The highest BCUT2D eigenvalue weighted by molar-refractivity contribution is 5.80. The maximum atomic E-state index is 12.6. The molecule has 0 atom stereocenters. The Morgan fingerprint density at radius 1 is 1.19 bits per heavy atom. The normalized spacial score (nSPS) is 11.0. The molecule has 8 heteroatoms. The lowest BCUT2D eigenvalue weighted by molar-refractivity contribution is -0.133. The molecular formula is C19H21N3O5. The van der Waals surface area contributed by atoms with E-state index in [0.29, 0.717) is 36.2 Å². The molecule has 0 bridgehead atoms. The molecule has 8 nitrogen and oxygen atoms in total. The van der Waals surface area contributed by atoms with Crippen molar-refractivity contribution in [2.75, 3.05) is 20.3 Å². The molecule has 1 amide bonds. The van der Waals surface area contributed by atoms with Crippen LogP contribution in [-0.2, 0) is 22.6 Å². The van der Waals surface area contributed by atoms with Gasteiger partial charge in [0.2, 0.25) is 5.91 Å². The van der Waals surface area contributed by atoms with Crippen molar-refractivity contribution in [2.45, 2.75) is 19.5 Å². The molecule has 27 heavy (non-hydrogen) atoms. The molecule has 0 aliphatic rings. The molecule has 2 heterocycles. The Bertz CT molecular complexity index is 1020. The molecule has 2 aromatic heterocycles. The van der Waals surface area contributed by atoms with Crippen LogP contribution in [0.2, 0.25) is 0 Å². The molecule has 142 valence electrons. The number of amides is 1. The fraction of sp³-hybridized carbons (Fsp3) is 0.316. The number of hydrogen-bond donors (Lipinski definition) is 1. The van der Waals surface area contributed by atoms with Crippen LogP contribution >= 0.6 is 0 Å². The highest BCUT2D eigenvalue weighted by Gasteiger charge is 2.16. The van der Waals surface area contributed by atoms with E-state index >= 15 is 0 Å². The first kappa shape index (κ1) is 18.7. The van der Waals surface area contributed by atoms with Gasteiger partial charge in [-0.25, -0.2) is 4.68 Å². The predicted octanol–water partition coefficient (Wildman–Crippen LogP) is 1.35. The number of fused-ring (bicyclic) bond motifs is 1. The van der Waals surface area contributed by atoms with Crippen molar-refractivity contribution >= 4 is 16.7 Å². The SMILES string of the molecule is COCCN(Cc1ccco1)C(=O)CCn1[nH]c(=O)c2ccccc2c1=O. The zero-order valence-electron chi connectivity index (χ0n) is 15.0. The van der Waals surface area contributed by atoms with Crippen LogP contribution in [0.1, 0.15) is 12.2 Å². The zero-order chi connectivity index (χ0) is 19.2. The average Bonchev–Trinajstić information content (AvgIpc) is 3.19. The van der Waals surface area contributed by atoms with Gasteiger partial charge in [-0.1, -0.05) is 12.1 Å². The minimum atomic E-state index is -0.357. The van der Waals surface area contributed by atoms with Crippen LogP contribution in [0.3, 0.4) is 0 Å². The maximum Gasteiger partial charge on any atom is 0.273 e. The Morgan fingerprint density at radius 2 is 1.96 bits per heavy atom. The third-order valence-electron chi connectivity index (χ3n) is 4.28. The number of aryl methyl sites for hydroxylation is 1. The van der Waals surface area contributed by atoms with Crippen LogP contribution in [0.25, 0.3) is 10.8 Å². The number of ether oxygens (including phenoxy) is 1. The van der Waals surface area contributed by atoms with Crippen molar-refractivity contribution in [3.05, 3.63) is 69.1 Å². The largest absolute Gasteiger partial charge is 0.467 e. The molecule has 0 radical (unpaired) electrons. The van der Waals surface area contributed by atoms with E-state index in [1.165, 1.54) is 4.68 Å². The summed E-state index contributed by atoms with van der Waals surface area (Å²) in [6.45, 7) is 1.19. The Labute approximate surface area is 154 Å². The lowest BCUT2D eigenvalue weighted by Gasteiger charge is -2.21. The van der Waals surface area contributed by atoms with Crippen molar-refractivity contribution in [1.82, 2.24) is 14.7 Å². The number of methoxy groups -OCH3 is 1. The molecule has 3 aromatic rings. The van der Waals surface area contributed by atoms with E-state index < -0.39 is 0 Å². The molecule has 0 fully saturated rings. The van der Waals surface area contributed by atoms with Crippen LogP contribution in [0.15, 0.2) is 56.7 Å². The van der Waals surface area contributed by atoms with E-state index in [-0.39, 0.29) is 30.0 Å². The third-order valence-corrected chi connectivity index (χ3v) is 4.28. The van der Waals surface area contributed by atoms with Gasteiger partial charge in [0, 0.05) is 20.1 Å². The lowest BCUT2D eigenvalue weighted by Crippen LogP contribution is -2.36. The summed E-state index contributed by atoms with van der Waals surface area (Å²) in [4.78, 5) is 38.9. The van der Waals surface area contributed by atoms with E-state index in [1.54, 1.807) is 54.7 Å². The molecule has 3 rings (SSSR count). The number of furan rings is 1. The molecule has 0 unspecified atom stereocenters. The quantitative estimate of drug-likeness (QED) is 0.645. The Kier molecular flexibility index (Phi) is 5.87. The minimum Gasteiger partial charge on any atom is -0.467 e. The summed E-state index contributed by atoms with van der Waals surface area (Å²) in [6, 6.07) is 10.2. The van der Waals surface area contributed by atoms with Gasteiger partial charge in [0.25, 0.3) is 11.1 Å². The predicted molar refractivity (Wildman–Crippen MR) is 99.4 cm³/mol. The number of aromatic nitrogens is 2. The second-order valence-electron chi connectivity index (χ2n) is 6.08. The van der Waals surface area contributed by atoms with Crippen LogP contribution in [0.4, 0.5) is 0 Å². The van der Waals surface area contributed by atoms with Crippen LogP contribution < -0.4 is 11.1 Å². The number of nitrogens with zero attached hydrogens (tertiary/aromatic N) is 2. The standard InChI is InChI=1S/C19H21N3O5/c1-26-12-10-21(13-14-5-4-11-27-14)17(23)8-9-22-19(25)16-7-3-2-6-15(16)18(24)20-22/h2-7,11H,8-10,12-13H2,1H3,(H,20,24). The van der Waals surface area contributed by atoms with Crippen molar-refractivity contribution in [3.8, 4) is 0 Å². The van der Waals surface area contributed by atoms with Gasteiger partial charge in [0.1, 0.15) is 5.76 Å². The number of hydrogen-bond acceptors (Lipinski definition) is 5. The highest BCUT2D eigenvalue weighted by Crippen LogP contribution is 2.08. The van der Waals surface area contributed by atoms with Crippen LogP contribution in [0.5, 0.6) is 0 Å². The van der Waals surface area contributed by atoms with Gasteiger partial charge < -0.3 is 14.1 Å². The van der Waals surface area contributed by atoms with E-state index in [4.69, 9.17) is 9.15 Å². The molecule has 0 saturated heterocycles. The summed E-state index contributed by atoms with van der Waals surface area (Å²) in [5.74, 6) is 0.500. The summed E-state index contributed by atoms with van der Waals surface area (Å²) in [6.07, 6.45) is 1.62. The number of rotatable bonds is 8. The number of H-pyrrole nitrogens is 1. The summed E-state index contributed by atoms with van der Waals surface area (Å²) in [5.41, 5.74) is -0.683. The Hall–Kier alpha value is -3.13. The smallest absolute Gasteiger partial charge is 0.273 e. The van der Waals surface area contributed by atoms with Gasteiger partial charge in [-0.3, -0.25) is 19.5 Å². The van der Waals surface area contributed by atoms with E-state index in [2.05, 4.69) is 5.10 Å². The number of nitrogens with one attached hydrogen (secondary N) is 1. The maximum absolute atomic E-state index is 12.6. The highest BCUT2D eigenvalue weighted by atomic mass is 16.5. The van der Waals surface area contributed by atoms with Crippen molar-refractivity contribution < 1.29 is 13.9 Å². The second-order valence-corrected chi connectivity index (χ2v) is 6.08. The summed E-state index contributed by atoms with van der Waals surface area (Å²) < 4.78 is 11.5. The first-order chi connectivity index (χ1) is 13.1. The van der Waals surface area contributed by atoms with Gasteiger partial charge in [-0.05, 0) is 24.3 Å². The lowest BCUT2D eigenvalue weighted by atomic mass is 10.2. The topological polar surface area (TPSA) is 97.5 Å². The molecule has 0 aliphatic heterocycles. The number of carbonyl (C=O) groups is 1. The van der Waals surface area contributed by atoms with E-state index in [0.717, 1.165) is 0 Å². The Balaban J connectivity index is 1.75. The van der Waals surface area contributed by atoms with Gasteiger partial charge in [0.15, 0.2) is 0 Å². The number of benzene rings is 1. The molecule has 0 spiro atoms. The molecule has 0 aliphatic carbocycles. The van der Waals surface area contributed by atoms with Gasteiger partial charge in [0.05, 0.1) is 36.7 Å². The first-order valence-electron chi connectivity index (χ1n) is 8.61. The van der Waals surface area contributed by atoms with Crippen LogP contribution in [-0.4, -0.2) is 40.8 Å². The molecule has 0 saturated carbocycles. The Morgan fingerprint density at radius 3 is 2.67 bits per heavy atom. The minimum absolute atomic E-state index is 0.0681. The van der Waals surface area contributed by atoms with Crippen molar-refractivity contribution in [1.29, 1.82) is 0 Å².